The number of halogens is 4. The monoisotopic (exact) mass is 404 g/mol. The van der Waals surface area contributed by atoms with E-state index in [1.165, 1.54) is 55.9 Å². The predicted molar refractivity (Wildman–Crippen MR) is 97.2 cm³/mol. The molecular formula is C21H16F4N2O2. The summed E-state index contributed by atoms with van der Waals surface area (Å²) < 4.78 is 57.9. The van der Waals surface area contributed by atoms with Crippen LogP contribution in [0.25, 0.3) is 0 Å². The highest BCUT2D eigenvalue weighted by Gasteiger charge is 2.31. The number of hydrogen-bond acceptors (Lipinski definition) is 4. The van der Waals surface area contributed by atoms with E-state index >= 15 is 0 Å². The molecule has 0 saturated heterocycles. The molecule has 150 valence electrons. The van der Waals surface area contributed by atoms with Crippen molar-refractivity contribution in [1.82, 2.24) is 9.97 Å². The van der Waals surface area contributed by atoms with Crippen LogP contribution < -0.4 is 4.74 Å². The van der Waals surface area contributed by atoms with E-state index < -0.39 is 23.5 Å². The number of methoxy groups -OCH3 is 1. The van der Waals surface area contributed by atoms with E-state index in [0.29, 0.717) is 11.4 Å². The van der Waals surface area contributed by atoms with Gasteiger partial charge in [0.2, 0.25) is 5.88 Å². The van der Waals surface area contributed by atoms with Crippen LogP contribution in [0.5, 0.6) is 5.88 Å². The minimum absolute atomic E-state index is 0.0120. The summed E-state index contributed by atoms with van der Waals surface area (Å²) in [5.74, 6) is -1.52. The van der Waals surface area contributed by atoms with Crippen molar-refractivity contribution < 1.29 is 27.1 Å². The van der Waals surface area contributed by atoms with E-state index in [0.717, 1.165) is 12.1 Å². The zero-order chi connectivity index (χ0) is 21.0. The molecule has 3 aromatic rings. The van der Waals surface area contributed by atoms with Crippen LogP contribution >= 0.6 is 0 Å². The molecule has 0 saturated carbocycles. The van der Waals surface area contributed by atoms with E-state index in [-0.39, 0.29) is 23.5 Å². The topological polar surface area (TPSA) is 52.1 Å². The summed E-state index contributed by atoms with van der Waals surface area (Å²) >= 11 is 0. The lowest BCUT2D eigenvalue weighted by Crippen LogP contribution is -2.13. The fraction of sp³-hybridized carbons (Fsp3) is 0.190. The van der Waals surface area contributed by atoms with Crippen LogP contribution in [-0.2, 0) is 6.18 Å². The Bertz CT molecular complexity index is 987. The summed E-state index contributed by atoms with van der Waals surface area (Å²) in [6.07, 6.45) is -1.98. The number of pyridine rings is 2. The molecule has 2 aromatic heterocycles. The Hall–Kier alpha value is -3.29. The molecule has 0 aliphatic heterocycles. The second-order valence-corrected chi connectivity index (χ2v) is 6.26. The summed E-state index contributed by atoms with van der Waals surface area (Å²) in [5, 5.41) is 0. The lowest BCUT2D eigenvalue weighted by atomic mass is 9.88. The molecule has 0 aliphatic rings. The Balaban J connectivity index is 1.95. The van der Waals surface area contributed by atoms with Gasteiger partial charge in [0, 0.05) is 36.4 Å². The Kier molecular flexibility index (Phi) is 5.91. The molecule has 0 aliphatic carbocycles. The van der Waals surface area contributed by atoms with Gasteiger partial charge in [-0.3, -0.25) is 9.78 Å². The van der Waals surface area contributed by atoms with Crippen LogP contribution in [0.2, 0.25) is 0 Å². The van der Waals surface area contributed by atoms with Gasteiger partial charge in [-0.2, -0.15) is 13.2 Å². The first-order chi connectivity index (χ1) is 13.8. The predicted octanol–water partition coefficient (Wildman–Crippen LogP) is 5.05. The minimum Gasteiger partial charge on any atom is -0.481 e. The molecule has 3 rings (SSSR count). The number of ether oxygens (including phenoxy) is 1. The van der Waals surface area contributed by atoms with Gasteiger partial charge in [0.15, 0.2) is 5.78 Å². The third-order valence-electron chi connectivity index (χ3n) is 4.41. The molecule has 0 spiro atoms. The van der Waals surface area contributed by atoms with Crippen molar-refractivity contribution in [3.8, 4) is 5.88 Å². The van der Waals surface area contributed by atoms with Crippen molar-refractivity contribution in [2.24, 2.45) is 0 Å². The molecule has 4 nitrogen and oxygen atoms in total. The maximum atomic E-state index is 14.4. The van der Waals surface area contributed by atoms with Gasteiger partial charge in [-0.05, 0) is 35.9 Å². The highest BCUT2D eigenvalue weighted by Crippen LogP contribution is 2.33. The van der Waals surface area contributed by atoms with E-state index in [1.807, 2.05) is 0 Å². The quantitative estimate of drug-likeness (QED) is 0.426. The second kappa shape index (κ2) is 8.38. The molecule has 29 heavy (non-hydrogen) atoms. The SMILES string of the molecule is COc1ccc(C(=O)C[C@@H](c2ccc(C(F)(F)F)cc2)c2ncccc2F)cn1. The number of alkyl halides is 3. The number of hydrogen-bond donors (Lipinski definition) is 0. The lowest BCUT2D eigenvalue weighted by Gasteiger charge is -2.18. The van der Waals surface area contributed by atoms with Crippen LogP contribution in [0.3, 0.4) is 0 Å². The lowest BCUT2D eigenvalue weighted by molar-refractivity contribution is -0.137. The first-order valence-electron chi connectivity index (χ1n) is 8.60. The molecule has 0 radical (unpaired) electrons. The molecule has 8 heteroatoms. The highest BCUT2D eigenvalue weighted by atomic mass is 19.4. The normalized spacial score (nSPS) is 12.4. The summed E-state index contributed by atoms with van der Waals surface area (Å²) in [6, 6.07) is 9.92. The average molecular weight is 404 g/mol. The zero-order valence-corrected chi connectivity index (χ0v) is 15.3. The number of rotatable bonds is 6. The van der Waals surface area contributed by atoms with Crippen molar-refractivity contribution in [2.75, 3.05) is 7.11 Å². The molecule has 0 fully saturated rings. The van der Waals surface area contributed by atoms with Crippen LogP contribution in [0.15, 0.2) is 60.9 Å². The molecule has 0 N–H and O–H groups in total. The number of Topliss-reactive ketones (excluding diaryl/α,β-unsaturated/α-hetero) is 1. The van der Waals surface area contributed by atoms with Gasteiger partial charge in [0.25, 0.3) is 0 Å². The first kappa shape index (κ1) is 20.4. The number of aromatic nitrogens is 2. The van der Waals surface area contributed by atoms with Crippen LogP contribution in [0.1, 0.15) is 39.5 Å². The molecular weight excluding hydrogens is 388 g/mol. The van der Waals surface area contributed by atoms with Gasteiger partial charge in [-0.1, -0.05) is 12.1 Å². The van der Waals surface area contributed by atoms with Crippen molar-refractivity contribution in [3.05, 3.63) is 89.1 Å². The molecule has 2 heterocycles. The Morgan fingerprint density at radius 1 is 1.07 bits per heavy atom. The second-order valence-electron chi connectivity index (χ2n) is 6.26. The number of carbonyl (C=O) groups is 1. The van der Waals surface area contributed by atoms with Gasteiger partial charge >= 0.3 is 6.18 Å². The number of nitrogens with zero attached hydrogens (tertiary/aromatic N) is 2. The number of ketones is 1. The van der Waals surface area contributed by atoms with E-state index in [4.69, 9.17) is 4.74 Å². The van der Waals surface area contributed by atoms with E-state index in [9.17, 15) is 22.4 Å². The fourth-order valence-electron chi connectivity index (χ4n) is 2.90. The third-order valence-corrected chi connectivity index (χ3v) is 4.41. The van der Waals surface area contributed by atoms with Crippen molar-refractivity contribution in [3.63, 3.8) is 0 Å². The largest absolute Gasteiger partial charge is 0.481 e. The number of carbonyl (C=O) groups excluding carboxylic acids is 1. The molecule has 1 atom stereocenters. The van der Waals surface area contributed by atoms with Gasteiger partial charge < -0.3 is 4.74 Å². The average Bonchev–Trinajstić information content (AvgIpc) is 2.72. The zero-order valence-electron chi connectivity index (χ0n) is 15.3. The van der Waals surface area contributed by atoms with Gasteiger partial charge in [-0.15, -0.1) is 0 Å². The van der Waals surface area contributed by atoms with E-state index in [2.05, 4.69) is 9.97 Å². The Labute approximate surface area is 164 Å². The molecule has 0 amide bonds. The Morgan fingerprint density at radius 3 is 2.34 bits per heavy atom. The molecule has 1 aromatic carbocycles. The maximum Gasteiger partial charge on any atom is 0.416 e. The third kappa shape index (κ3) is 4.77. The Morgan fingerprint density at radius 2 is 1.79 bits per heavy atom. The number of benzene rings is 1. The van der Waals surface area contributed by atoms with Crippen molar-refractivity contribution >= 4 is 5.78 Å². The summed E-state index contributed by atoms with van der Waals surface area (Å²) in [6.45, 7) is 0. The maximum absolute atomic E-state index is 14.4. The minimum atomic E-state index is -4.49. The molecule has 0 unspecified atom stereocenters. The van der Waals surface area contributed by atoms with Crippen LogP contribution in [0.4, 0.5) is 17.6 Å². The van der Waals surface area contributed by atoms with Crippen molar-refractivity contribution in [2.45, 2.75) is 18.5 Å². The summed E-state index contributed by atoms with van der Waals surface area (Å²) in [4.78, 5) is 20.7. The van der Waals surface area contributed by atoms with Gasteiger partial charge in [0.05, 0.1) is 18.4 Å². The fourth-order valence-corrected chi connectivity index (χ4v) is 2.90. The summed E-state index contributed by atoms with van der Waals surface area (Å²) in [5.41, 5.74) is -0.210. The highest BCUT2D eigenvalue weighted by molar-refractivity contribution is 5.96. The van der Waals surface area contributed by atoms with E-state index in [1.54, 1.807) is 0 Å². The van der Waals surface area contributed by atoms with Crippen LogP contribution in [0, 0.1) is 5.82 Å². The smallest absolute Gasteiger partial charge is 0.416 e. The van der Waals surface area contributed by atoms with Crippen molar-refractivity contribution in [1.29, 1.82) is 0 Å². The molecule has 0 bridgehead atoms. The van der Waals surface area contributed by atoms with Gasteiger partial charge in [-0.25, -0.2) is 9.37 Å². The standard InChI is InChI=1S/C21H16F4N2O2/c1-29-19-9-6-14(12-27-19)18(28)11-16(20-17(22)3-2-10-26-20)13-4-7-15(8-5-13)21(23,24)25/h2-10,12,16H,11H2,1H3/t16-/m0/s1. The van der Waals surface area contributed by atoms with Crippen LogP contribution in [-0.4, -0.2) is 22.9 Å². The first-order valence-corrected chi connectivity index (χ1v) is 8.60. The summed E-state index contributed by atoms with van der Waals surface area (Å²) in [7, 11) is 1.44. The van der Waals surface area contributed by atoms with Gasteiger partial charge in [0.1, 0.15) is 5.82 Å².